The van der Waals surface area contributed by atoms with Gasteiger partial charge in [0.2, 0.25) is 5.91 Å². The molecule has 2 aromatic rings. The Balaban J connectivity index is 1.59. The monoisotopic (exact) mass is 364 g/mol. The lowest BCUT2D eigenvalue weighted by atomic mass is 10.1. The number of hydrogen-bond donors (Lipinski definition) is 1. The number of hydrogen-bond acceptors (Lipinski definition) is 4. The average Bonchev–Trinajstić information content (AvgIpc) is 3.12. The Morgan fingerprint density at radius 1 is 1.19 bits per heavy atom. The van der Waals surface area contributed by atoms with Crippen LogP contribution < -0.4 is 5.32 Å². The molecule has 3 rings (SSSR count). The predicted octanol–water partition coefficient (Wildman–Crippen LogP) is 3.83. The highest BCUT2D eigenvalue weighted by Crippen LogP contribution is 2.28. The first-order valence-corrected chi connectivity index (χ1v) is 9.25. The standard InChI is InChI=1S/C22H24N2O3/c1-3-15(2)21(25)23-13-19-11-17-9-10-18(12-20(17)24-19)22(26)27-14-16-7-5-4-6-8-16/h4-10,12,15H,3,11,13-14H2,1-2H3,(H,23,25). The van der Waals surface area contributed by atoms with E-state index in [9.17, 15) is 9.59 Å². The van der Waals surface area contributed by atoms with Crippen molar-refractivity contribution >= 4 is 23.3 Å². The Morgan fingerprint density at radius 2 is 1.96 bits per heavy atom. The van der Waals surface area contributed by atoms with Crippen molar-refractivity contribution in [2.45, 2.75) is 33.3 Å². The molecule has 0 bridgehead atoms. The largest absolute Gasteiger partial charge is 0.457 e. The van der Waals surface area contributed by atoms with Gasteiger partial charge in [0, 0.05) is 18.1 Å². The number of ether oxygens (including phenoxy) is 1. The summed E-state index contributed by atoms with van der Waals surface area (Å²) in [7, 11) is 0. The van der Waals surface area contributed by atoms with E-state index in [4.69, 9.17) is 4.74 Å². The average molecular weight is 364 g/mol. The fraction of sp³-hybridized carbons (Fsp3) is 0.318. The molecule has 5 nitrogen and oxygen atoms in total. The summed E-state index contributed by atoms with van der Waals surface area (Å²) in [6, 6.07) is 15.0. The van der Waals surface area contributed by atoms with Crippen molar-refractivity contribution in [2.75, 3.05) is 6.54 Å². The van der Waals surface area contributed by atoms with E-state index in [0.717, 1.165) is 28.9 Å². The maximum absolute atomic E-state index is 12.3. The van der Waals surface area contributed by atoms with E-state index in [1.54, 1.807) is 12.1 Å². The number of carbonyl (C=O) groups excluding carboxylic acids is 2. The van der Waals surface area contributed by atoms with Crippen LogP contribution in [0, 0.1) is 5.92 Å². The zero-order valence-electron chi connectivity index (χ0n) is 15.7. The number of aliphatic imine (C=N–C) groups is 1. The number of benzene rings is 2. The Bertz CT molecular complexity index is 859. The molecule has 0 radical (unpaired) electrons. The van der Waals surface area contributed by atoms with Crippen molar-refractivity contribution in [3.8, 4) is 0 Å². The summed E-state index contributed by atoms with van der Waals surface area (Å²) in [5.74, 6) is -0.322. The van der Waals surface area contributed by atoms with Crippen molar-refractivity contribution in [1.82, 2.24) is 5.32 Å². The summed E-state index contributed by atoms with van der Waals surface area (Å²) >= 11 is 0. The maximum atomic E-state index is 12.3. The maximum Gasteiger partial charge on any atom is 0.338 e. The Labute approximate surface area is 159 Å². The van der Waals surface area contributed by atoms with Crippen LogP contribution in [0.15, 0.2) is 53.5 Å². The van der Waals surface area contributed by atoms with Gasteiger partial charge in [0.25, 0.3) is 0 Å². The molecule has 0 spiro atoms. The second-order valence-corrected chi connectivity index (χ2v) is 6.79. The first kappa shape index (κ1) is 18.8. The van der Waals surface area contributed by atoms with Crippen molar-refractivity contribution in [3.05, 3.63) is 65.2 Å². The molecule has 1 heterocycles. The molecule has 1 aliphatic rings. The lowest BCUT2D eigenvalue weighted by Gasteiger charge is -2.09. The normalized spacial score (nSPS) is 13.5. The number of nitrogens with one attached hydrogen (secondary N) is 1. The molecule has 1 amide bonds. The molecule has 0 saturated heterocycles. The number of nitrogens with zero attached hydrogens (tertiary/aromatic N) is 1. The lowest BCUT2D eigenvalue weighted by molar-refractivity contribution is -0.124. The van der Waals surface area contributed by atoms with Crippen LogP contribution in [0.2, 0.25) is 0 Å². The molecule has 1 atom stereocenters. The molecule has 2 aromatic carbocycles. The molecule has 0 aromatic heterocycles. The SMILES string of the molecule is CCC(C)C(=O)NCC1=Nc2cc(C(=O)OCc3ccccc3)ccc2C1. The van der Waals surface area contributed by atoms with E-state index in [1.165, 1.54) is 0 Å². The predicted molar refractivity (Wildman–Crippen MR) is 105 cm³/mol. The van der Waals surface area contributed by atoms with Gasteiger partial charge in [-0.1, -0.05) is 50.2 Å². The topological polar surface area (TPSA) is 67.8 Å². The van der Waals surface area contributed by atoms with E-state index in [2.05, 4.69) is 10.3 Å². The van der Waals surface area contributed by atoms with Gasteiger partial charge in [0.1, 0.15) is 6.61 Å². The molecular formula is C22H24N2O3. The van der Waals surface area contributed by atoms with Gasteiger partial charge in [-0.3, -0.25) is 9.79 Å². The quantitative estimate of drug-likeness (QED) is 0.759. The zero-order valence-corrected chi connectivity index (χ0v) is 15.7. The lowest BCUT2D eigenvalue weighted by Crippen LogP contribution is -2.33. The number of esters is 1. The minimum absolute atomic E-state index is 0.000339. The third kappa shape index (κ3) is 4.82. The van der Waals surface area contributed by atoms with Crippen molar-refractivity contribution in [2.24, 2.45) is 10.9 Å². The van der Waals surface area contributed by atoms with Gasteiger partial charge in [0.15, 0.2) is 0 Å². The summed E-state index contributed by atoms with van der Waals surface area (Å²) in [6.07, 6.45) is 1.50. The minimum atomic E-state index is -0.365. The highest BCUT2D eigenvalue weighted by Gasteiger charge is 2.19. The fourth-order valence-electron chi connectivity index (χ4n) is 2.83. The summed E-state index contributed by atoms with van der Waals surface area (Å²) < 4.78 is 5.37. The highest BCUT2D eigenvalue weighted by atomic mass is 16.5. The number of rotatable bonds is 7. The Kier molecular flexibility index (Phi) is 6.01. The van der Waals surface area contributed by atoms with Gasteiger partial charge in [0.05, 0.1) is 17.8 Å². The third-order valence-electron chi connectivity index (χ3n) is 4.73. The smallest absolute Gasteiger partial charge is 0.338 e. The van der Waals surface area contributed by atoms with Crippen molar-refractivity contribution in [3.63, 3.8) is 0 Å². The van der Waals surface area contributed by atoms with Crippen LogP contribution in [0.1, 0.15) is 41.8 Å². The molecule has 0 saturated carbocycles. The van der Waals surface area contributed by atoms with E-state index < -0.39 is 0 Å². The summed E-state index contributed by atoms with van der Waals surface area (Å²) in [6.45, 7) is 4.58. The van der Waals surface area contributed by atoms with Gasteiger partial charge in [-0.25, -0.2) is 4.79 Å². The van der Waals surface area contributed by atoms with Crippen LogP contribution in [0.25, 0.3) is 0 Å². The van der Waals surface area contributed by atoms with Gasteiger partial charge in [-0.2, -0.15) is 0 Å². The van der Waals surface area contributed by atoms with Crippen molar-refractivity contribution < 1.29 is 14.3 Å². The van der Waals surface area contributed by atoms with Gasteiger partial charge >= 0.3 is 5.97 Å². The van der Waals surface area contributed by atoms with Crippen molar-refractivity contribution in [1.29, 1.82) is 0 Å². The van der Waals surface area contributed by atoms with Crippen LogP contribution in [0.5, 0.6) is 0 Å². The summed E-state index contributed by atoms with van der Waals surface area (Å²) in [4.78, 5) is 28.8. The number of carbonyl (C=O) groups is 2. The van der Waals surface area contributed by atoms with Crippen LogP contribution in [0.4, 0.5) is 5.69 Å². The van der Waals surface area contributed by atoms with E-state index in [1.807, 2.05) is 50.2 Å². The van der Waals surface area contributed by atoms with Crippen LogP contribution in [-0.4, -0.2) is 24.1 Å². The van der Waals surface area contributed by atoms with Crippen LogP contribution in [0.3, 0.4) is 0 Å². The summed E-state index contributed by atoms with van der Waals surface area (Å²) in [5.41, 5.74) is 4.17. The van der Waals surface area contributed by atoms with E-state index in [0.29, 0.717) is 18.5 Å². The molecule has 27 heavy (non-hydrogen) atoms. The molecule has 1 aliphatic heterocycles. The number of amides is 1. The highest BCUT2D eigenvalue weighted by molar-refractivity contribution is 5.99. The molecule has 5 heteroatoms. The number of fused-ring (bicyclic) bond motifs is 1. The molecular weight excluding hydrogens is 340 g/mol. The van der Waals surface area contributed by atoms with Crippen LogP contribution >= 0.6 is 0 Å². The zero-order chi connectivity index (χ0) is 19.2. The second-order valence-electron chi connectivity index (χ2n) is 6.79. The second kappa shape index (κ2) is 8.62. The Morgan fingerprint density at radius 3 is 2.70 bits per heavy atom. The minimum Gasteiger partial charge on any atom is -0.457 e. The third-order valence-corrected chi connectivity index (χ3v) is 4.73. The van der Waals surface area contributed by atoms with Gasteiger partial charge < -0.3 is 10.1 Å². The van der Waals surface area contributed by atoms with E-state index in [-0.39, 0.29) is 24.4 Å². The Hall–Kier alpha value is -2.95. The molecule has 0 fully saturated rings. The summed E-state index contributed by atoms with van der Waals surface area (Å²) in [5, 5.41) is 2.92. The van der Waals surface area contributed by atoms with Crippen LogP contribution in [-0.2, 0) is 22.6 Å². The molecule has 1 N–H and O–H groups in total. The molecule has 0 aliphatic carbocycles. The van der Waals surface area contributed by atoms with Gasteiger partial charge in [-0.15, -0.1) is 0 Å². The van der Waals surface area contributed by atoms with E-state index >= 15 is 0 Å². The fourth-order valence-corrected chi connectivity index (χ4v) is 2.83. The first-order valence-electron chi connectivity index (χ1n) is 9.25. The first-order chi connectivity index (χ1) is 13.1. The molecule has 140 valence electrons. The molecule has 1 unspecified atom stereocenters. The van der Waals surface area contributed by atoms with Gasteiger partial charge in [-0.05, 0) is 29.7 Å².